The highest BCUT2D eigenvalue weighted by Gasteiger charge is 2.51. The van der Waals surface area contributed by atoms with E-state index in [0.29, 0.717) is 23.8 Å². The molecule has 1 atom stereocenters. The van der Waals surface area contributed by atoms with Gasteiger partial charge in [-0.15, -0.1) is 0 Å². The number of amides is 1. The van der Waals surface area contributed by atoms with Crippen molar-refractivity contribution in [2.24, 2.45) is 11.8 Å². The summed E-state index contributed by atoms with van der Waals surface area (Å²) in [6, 6.07) is 0. The van der Waals surface area contributed by atoms with Gasteiger partial charge in [0.25, 0.3) is 0 Å². The predicted molar refractivity (Wildman–Crippen MR) is 80.5 cm³/mol. The number of carbonyl (C=O) groups excluding carboxylic acids is 1. The van der Waals surface area contributed by atoms with Crippen molar-refractivity contribution in [1.29, 1.82) is 0 Å². The highest BCUT2D eigenvalue weighted by molar-refractivity contribution is 5.82. The Morgan fingerprint density at radius 2 is 1.86 bits per heavy atom. The fourth-order valence-corrected chi connectivity index (χ4v) is 3.92. The molecule has 0 aromatic rings. The first-order chi connectivity index (χ1) is 10.7. The number of likely N-dealkylation sites (tertiary alicyclic amines) is 1. The molecule has 4 aliphatic rings. The zero-order chi connectivity index (χ0) is 15.0. The summed E-state index contributed by atoms with van der Waals surface area (Å²) in [7, 11) is 0. The lowest BCUT2D eigenvalue weighted by atomic mass is 9.84. The quantitative estimate of drug-likeness (QED) is 0.791. The molecule has 0 bridgehead atoms. The third kappa shape index (κ3) is 3.17. The van der Waals surface area contributed by atoms with Crippen LogP contribution >= 0.6 is 0 Å². The molecule has 22 heavy (non-hydrogen) atoms. The van der Waals surface area contributed by atoms with Gasteiger partial charge in [-0.3, -0.25) is 4.79 Å². The Morgan fingerprint density at radius 1 is 1.09 bits per heavy atom. The van der Waals surface area contributed by atoms with Crippen molar-refractivity contribution in [1.82, 2.24) is 4.90 Å². The lowest BCUT2D eigenvalue weighted by molar-refractivity contribution is -0.203. The second kappa shape index (κ2) is 6.10. The van der Waals surface area contributed by atoms with Crippen molar-refractivity contribution in [2.75, 3.05) is 39.5 Å². The molecule has 3 aliphatic heterocycles. The molecule has 1 aliphatic carbocycles. The maximum absolute atomic E-state index is 12.1. The van der Waals surface area contributed by atoms with Crippen molar-refractivity contribution >= 4 is 5.91 Å². The molecule has 1 amide bonds. The van der Waals surface area contributed by atoms with E-state index in [9.17, 15) is 4.79 Å². The van der Waals surface area contributed by atoms with Gasteiger partial charge in [0.15, 0.2) is 0 Å². The third-order valence-electron chi connectivity index (χ3n) is 5.55. The smallest absolute Gasteiger partial charge is 0.225 e. The van der Waals surface area contributed by atoms with Crippen LogP contribution in [0, 0.1) is 11.8 Å². The third-order valence-corrected chi connectivity index (χ3v) is 5.55. The SMILES string of the molecule is O=C(C1CC1)N1CC2(C[C@H](OCC3CCOCC3)CCO2)C1. The molecule has 124 valence electrons. The van der Waals surface area contributed by atoms with Gasteiger partial charge in [-0.1, -0.05) is 0 Å². The molecule has 3 saturated heterocycles. The molecule has 5 nitrogen and oxygen atoms in total. The number of nitrogens with zero attached hydrogens (tertiary/aromatic N) is 1. The maximum Gasteiger partial charge on any atom is 0.225 e. The van der Waals surface area contributed by atoms with E-state index in [1.165, 1.54) is 0 Å². The summed E-state index contributed by atoms with van der Waals surface area (Å²) in [4.78, 5) is 14.0. The summed E-state index contributed by atoms with van der Waals surface area (Å²) >= 11 is 0. The highest BCUT2D eigenvalue weighted by Crippen LogP contribution is 2.39. The Morgan fingerprint density at radius 3 is 2.59 bits per heavy atom. The van der Waals surface area contributed by atoms with Crippen molar-refractivity contribution in [3.05, 3.63) is 0 Å². The van der Waals surface area contributed by atoms with Gasteiger partial charge in [-0.05, 0) is 38.0 Å². The summed E-state index contributed by atoms with van der Waals surface area (Å²) in [6.07, 6.45) is 6.65. The molecule has 0 N–H and O–H groups in total. The zero-order valence-electron chi connectivity index (χ0n) is 13.3. The minimum absolute atomic E-state index is 0.108. The van der Waals surface area contributed by atoms with Crippen LogP contribution in [-0.4, -0.2) is 62.0 Å². The monoisotopic (exact) mass is 309 g/mol. The van der Waals surface area contributed by atoms with Crippen molar-refractivity contribution in [2.45, 2.75) is 50.2 Å². The van der Waals surface area contributed by atoms with Gasteiger partial charge in [0.05, 0.1) is 19.2 Å². The van der Waals surface area contributed by atoms with Crippen LogP contribution in [0.4, 0.5) is 0 Å². The lowest BCUT2D eigenvalue weighted by Crippen LogP contribution is -2.67. The van der Waals surface area contributed by atoms with E-state index >= 15 is 0 Å². The van der Waals surface area contributed by atoms with E-state index in [4.69, 9.17) is 14.2 Å². The van der Waals surface area contributed by atoms with Gasteiger partial charge in [-0.25, -0.2) is 0 Å². The predicted octanol–water partition coefficient (Wildman–Crippen LogP) is 1.60. The molecule has 0 unspecified atom stereocenters. The van der Waals surface area contributed by atoms with Gasteiger partial charge in [0.1, 0.15) is 5.60 Å². The first-order valence-corrected chi connectivity index (χ1v) is 8.86. The van der Waals surface area contributed by atoms with Gasteiger partial charge in [0, 0.05) is 38.8 Å². The normalized spacial score (nSPS) is 32.0. The van der Waals surface area contributed by atoms with E-state index in [1.54, 1.807) is 0 Å². The molecule has 0 radical (unpaired) electrons. The van der Waals surface area contributed by atoms with Crippen molar-refractivity contribution in [3.63, 3.8) is 0 Å². The number of ether oxygens (including phenoxy) is 3. The molecular formula is C17H27NO4. The average molecular weight is 309 g/mol. The molecule has 0 aromatic heterocycles. The van der Waals surface area contributed by atoms with E-state index in [2.05, 4.69) is 0 Å². The lowest BCUT2D eigenvalue weighted by Gasteiger charge is -2.53. The van der Waals surface area contributed by atoms with Gasteiger partial charge in [-0.2, -0.15) is 0 Å². The maximum atomic E-state index is 12.1. The minimum Gasteiger partial charge on any atom is -0.381 e. The minimum atomic E-state index is -0.108. The molecule has 0 aromatic carbocycles. The number of rotatable bonds is 4. The fourth-order valence-electron chi connectivity index (χ4n) is 3.92. The molecule has 4 rings (SSSR count). The van der Waals surface area contributed by atoms with Crippen LogP contribution in [0.5, 0.6) is 0 Å². The van der Waals surface area contributed by atoms with E-state index in [0.717, 1.165) is 78.0 Å². The number of hydrogen-bond donors (Lipinski definition) is 0. The summed E-state index contributed by atoms with van der Waals surface area (Å²) in [6.45, 7) is 4.94. The van der Waals surface area contributed by atoms with Crippen LogP contribution in [0.1, 0.15) is 38.5 Å². The molecule has 4 fully saturated rings. The van der Waals surface area contributed by atoms with Gasteiger partial charge < -0.3 is 19.1 Å². The number of carbonyl (C=O) groups is 1. The molecule has 1 saturated carbocycles. The van der Waals surface area contributed by atoms with Crippen LogP contribution < -0.4 is 0 Å². The second-order valence-corrected chi connectivity index (χ2v) is 7.50. The Balaban J connectivity index is 1.23. The Labute approximate surface area is 132 Å². The molecule has 5 heteroatoms. The summed E-state index contributed by atoms with van der Waals surface area (Å²) in [5.74, 6) is 1.32. The first kappa shape index (κ1) is 14.9. The summed E-state index contributed by atoms with van der Waals surface area (Å²) < 4.78 is 17.6. The van der Waals surface area contributed by atoms with E-state index in [-0.39, 0.29) is 5.60 Å². The topological polar surface area (TPSA) is 48.0 Å². The van der Waals surface area contributed by atoms with Gasteiger partial charge in [0.2, 0.25) is 5.91 Å². The Bertz CT molecular complexity index is 411. The summed E-state index contributed by atoms with van der Waals surface area (Å²) in [5.41, 5.74) is -0.108. The van der Waals surface area contributed by atoms with Crippen molar-refractivity contribution < 1.29 is 19.0 Å². The zero-order valence-corrected chi connectivity index (χ0v) is 13.3. The second-order valence-electron chi connectivity index (χ2n) is 7.50. The average Bonchev–Trinajstić information content (AvgIpc) is 3.36. The number of hydrogen-bond acceptors (Lipinski definition) is 4. The standard InChI is InChI=1S/C17H27NO4/c19-16(14-1-2-14)18-11-17(12-18)9-15(5-8-22-17)21-10-13-3-6-20-7-4-13/h13-15H,1-12H2/t15-/m1/s1. The fraction of sp³-hybridized carbons (Fsp3) is 0.941. The summed E-state index contributed by atoms with van der Waals surface area (Å²) in [5, 5.41) is 0. The van der Waals surface area contributed by atoms with E-state index in [1.807, 2.05) is 4.90 Å². The molecule has 1 spiro atoms. The van der Waals surface area contributed by atoms with Crippen LogP contribution in [-0.2, 0) is 19.0 Å². The Kier molecular flexibility index (Phi) is 4.13. The first-order valence-electron chi connectivity index (χ1n) is 8.86. The Hall–Kier alpha value is -0.650. The molecule has 3 heterocycles. The largest absolute Gasteiger partial charge is 0.381 e. The van der Waals surface area contributed by atoms with Crippen molar-refractivity contribution in [3.8, 4) is 0 Å². The molecular weight excluding hydrogens is 282 g/mol. The van der Waals surface area contributed by atoms with Crippen LogP contribution in [0.2, 0.25) is 0 Å². The van der Waals surface area contributed by atoms with Crippen LogP contribution in [0.15, 0.2) is 0 Å². The highest BCUT2D eigenvalue weighted by atomic mass is 16.5. The van der Waals surface area contributed by atoms with Gasteiger partial charge >= 0.3 is 0 Å². The van der Waals surface area contributed by atoms with Crippen LogP contribution in [0.3, 0.4) is 0 Å². The van der Waals surface area contributed by atoms with Crippen LogP contribution in [0.25, 0.3) is 0 Å². The van der Waals surface area contributed by atoms with E-state index < -0.39 is 0 Å².